The van der Waals surface area contributed by atoms with Crippen LogP contribution in [0.4, 0.5) is 0 Å². The van der Waals surface area contributed by atoms with E-state index in [1.807, 2.05) is 36.2 Å². The summed E-state index contributed by atoms with van der Waals surface area (Å²) < 4.78 is 34.6. The molecule has 9 heteroatoms. The van der Waals surface area contributed by atoms with E-state index >= 15 is 0 Å². The van der Waals surface area contributed by atoms with Gasteiger partial charge in [-0.05, 0) is 43.8 Å². The summed E-state index contributed by atoms with van der Waals surface area (Å²) in [6.07, 6.45) is 1.89. The molecule has 0 unspecified atom stereocenters. The molecule has 8 nitrogen and oxygen atoms in total. The van der Waals surface area contributed by atoms with Crippen molar-refractivity contribution in [2.75, 3.05) is 26.5 Å². The van der Waals surface area contributed by atoms with Crippen LogP contribution in [-0.2, 0) is 16.4 Å². The highest BCUT2D eigenvalue weighted by Crippen LogP contribution is 2.24. The van der Waals surface area contributed by atoms with Gasteiger partial charge in [0, 0.05) is 18.2 Å². The van der Waals surface area contributed by atoms with Crippen LogP contribution >= 0.6 is 0 Å². The maximum absolute atomic E-state index is 12.4. The Morgan fingerprint density at radius 3 is 2.77 bits per heavy atom. The van der Waals surface area contributed by atoms with Crippen LogP contribution in [0.2, 0.25) is 0 Å². The molecule has 162 valence electrons. The first kappa shape index (κ1) is 21.1. The lowest BCUT2D eigenvalue weighted by atomic mass is 10.2. The molecule has 4 rings (SSSR count). The monoisotopic (exact) mass is 441 g/mol. The molecular formula is C22H23N3O5S. The summed E-state index contributed by atoms with van der Waals surface area (Å²) in [6.45, 7) is 1.61. The minimum Gasteiger partial charge on any atom is -0.494 e. The fraction of sp³-hybridized carbons (Fsp3) is 0.273. The van der Waals surface area contributed by atoms with Crippen molar-refractivity contribution in [3.8, 4) is 5.75 Å². The van der Waals surface area contributed by atoms with Gasteiger partial charge in [0.2, 0.25) is 5.58 Å². The quantitative estimate of drug-likeness (QED) is 0.419. The van der Waals surface area contributed by atoms with Gasteiger partial charge in [0.15, 0.2) is 9.84 Å². The Morgan fingerprint density at radius 1 is 1.16 bits per heavy atom. The van der Waals surface area contributed by atoms with E-state index in [1.54, 1.807) is 18.2 Å². The Hall–Kier alpha value is -3.17. The minimum absolute atomic E-state index is 0.234. The van der Waals surface area contributed by atoms with E-state index in [0.29, 0.717) is 42.4 Å². The van der Waals surface area contributed by atoms with Crippen LogP contribution in [0, 0.1) is 0 Å². The van der Waals surface area contributed by atoms with Crippen LogP contribution in [0.1, 0.15) is 12.2 Å². The molecule has 0 atom stereocenters. The maximum atomic E-state index is 12.4. The predicted molar refractivity (Wildman–Crippen MR) is 118 cm³/mol. The Labute approximate surface area is 179 Å². The summed E-state index contributed by atoms with van der Waals surface area (Å²) in [4.78, 5) is 22.0. The first-order chi connectivity index (χ1) is 14.8. The number of H-pyrrole nitrogens is 1. The molecule has 2 heterocycles. The van der Waals surface area contributed by atoms with Crippen molar-refractivity contribution >= 4 is 31.9 Å². The van der Waals surface area contributed by atoms with Crippen LogP contribution in [0.5, 0.6) is 5.75 Å². The lowest BCUT2D eigenvalue weighted by Crippen LogP contribution is -2.24. The van der Waals surface area contributed by atoms with Gasteiger partial charge in [-0.1, -0.05) is 18.2 Å². The number of fused-ring (bicyclic) bond motifs is 3. The smallest absolute Gasteiger partial charge is 0.294 e. The standard InChI is InChI=1S/C22H23N3O5S/c1-25(11-6-12-29-15-7-5-8-16(13-15)31(2,27)28)14-19-23-20-17-9-3-4-10-18(17)30-21(20)22(26)24-19/h3-5,7-10,13H,6,11-12,14H2,1-2H3,(H,23,24,26). The molecule has 1 N–H and O–H groups in total. The Bertz CT molecular complexity index is 1390. The fourth-order valence-electron chi connectivity index (χ4n) is 3.38. The summed E-state index contributed by atoms with van der Waals surface area (Å²) in [6, 6.07) is 13.9. The zero-order valence-corrected chi connectivity index (χ0v) is 18.1. The van der Waals surface area contributed by atoms with Gasteiger partial charge in [0.05, 0.1) is 18.0 Å². The molecular weight excluding hydrogens is 418 g/mol. The van der Waals surface area contributed by atoms with Crippen LogP contribution in [-0.4, -0.2) is 49.7 Å². The molecule has 0 amide bonds. The average Bonchev–Trinajstić information content (AvgIpc) is 3.10. The Morgan fingerprint density at radius 2 is 1.97 bits per heavy atom. The summed E-state index contributed by atoms with van der Waals surface area (Å²) in [5.41, 5.74) is 1.14. The third kappa shape index (κ3) is 4.78. The molecule has 0 saturated carbocycles. The van der Waals surface area contributed by atoms with E-state index < -0.39 is 9.84 Å². The SMILES string of the molecule is CN(CCCOc1cccc(S(C)(=O)=O)c1)Cc1nc2c(oc3ccccc32)c(=O)[nH]1. The predicted octanol–water partition coefficient (Wildman–Crippen LogP) is 2.97. The van der Waals surface area contributed by atoms with Gasteiger partial charge in [-0.15, -0.1) is 0 Å². The normalized spacial score (nSPS) is 12.1. The van der Waals surface area contributed by atoms with E-state index in [-0.39, 0.29) is 16.0 Å². The second kappa shape index (κ2) is 8.52. The topological polar surface area (TPSA) is 106 Å². The number of ether oxygens (including phenoxy) is 1. The number of sulfone groups is 1. The third-order valence-electron chi connectivity index (χ3n) is 4.89. The maximum Gasteiger partial charge on any atom is 0.294 e. The highest BCUT2D eigenvalue weighted by molar-refractivity contribution is 7.90. The van der Waals surface area contributed by atoms with Gasteiger partial charge in [-0.3, -0.25) is 9.69 Å². The largest absolute Gasteiger partial charge is 0.494 e. The summed E-state index contributed by atoms with van der Waals surface area (Å²) in [7, 11) is -1.33. The fourth-order valence-corrected chi connectivity index (χ4v) is 4.03. The van der Waals surface area contributed by atoms with Gasteiger partial charge in [0.1, 0.15) is 22.7 Å². The molecule has 0 spiro atoms. The number of hydrogen-bond donors (Lipinski definition) is 1. The highest BCUT2D eigenvalue weighted by Gasteiger charge is 2.14. The summed E-state index contributed by atoms with van der Waals surface area (Å²) >= 11 is 0. The zero-order chi connectivity index (χ0) is 22.0. The number of nitrogens with zero attached hydrogens (tertiary/aromatic N) is 2. The molecule has 0 aliphatic heterocycles. The van der Waals surface area contributed by atoms with Gasteiger partial charge >= 0.3 is 0 Å². The van der Waals surface area contributed by atoms with Crippen molar-refractivity contribution in [3.63, 3.8) is 0 Å². The number of benzene rings is 2. The van der Waals surface area contributed by atoms with Crippen molar-refractivity contribution in [1.82, 2.24) is 14.9 Å². The average molecular weight is 442 g/mol. The number of aromatic amines is 1. The first-order valence-corrected chi connectivity index (χ1v) is 11.7. The van der Waals surface area contributed by atoms with Crippen molar-refractivity contribution in [3.05, 3.63) is 64.7 Å². The van der Waals surface area contributed by atoms with Gasteiger partial charge in [0.25, 0.3) is 5.56 Å². The third-order valence-corrected chi connectivity index (χ3v) is 6.00. The molecule has 2 aromatic heterocycles. The molecule has 0 radical (unpaired) electrons. The van der Waals surface area contributed by atoms with Gasteiger partial charge in [-0.25, -0.2) is 13.4 Å². The summed E-state index contributed by atoms with van der Waals surface area (Å²) in [5, 5.41) is 0.817. The molecule has 0 aliphatic rings. The van der Waals surface area contributed by atoms with E-state index in [4.69, 9.17) is 9.15 Å². The highest BCUT2D eigenvalue weighted by atomic mass is 32.2. The van der Waals surface area contributed by atoms with Crippen LogP contribution in [0.25, 0.3) is 22.1 Å². The second-order valence-electron chi connectivity index (χ2n) is 7.48. The molecule has 0 bridgehead atoms. The Kier molecular flexibility index (Phi) is 5.79. The molecule has 31 heavy (non-hydrogen) atoms. The lowest BCUT2D eigenvalue weighted by molar-refractivity contribution is 0.255. The van der Waals surface area contributed by atoms with E-state index in [9.17, 15) is 13.2 Å². The van der Waals surface area contributed by atoms with Crippen LogP contribution in [0.15, 0.2) is 62.6 Å². The number of rotatable bonds is 8. The number of furan rings is 1. The van der Waals surface area contributed by atoms with E-state index in [2.05, 4.69) is 9.97 Å². The Balaban J connectivity index is 1.36. The number of nitrogens with one attached hydrogen (secondary N) is 1. The van der Waals surface area contributed by atoms with Crippen molar-refractivity contribution < 1.29 is 17.6 Å². The molecule has 2 aromatic carbocycles. The number of para-hydroxylation sites is 1. The number of aromatic nitrogens is 2. The van der Waals surface area contributed by atoms with Crippen LogP contribution < -0.4 is 10.3 Å². The second-order valence-corrected chi connectivity index (χ2v) is 9.49. The van der Waals surface area contributed by atoms with Crippen LogP contribution in [0.3, 0.4) is 0 Å². The molecule has 0 saturated heterocycles. The van der Waals surface area contributed by atoms with Crippen molar-refractivity contribution in [2.45, 2.75) is 17.9 Å². The van der Waals surface area contributed by atoms with Gasteiger partial charge in [-0.2, -0.15) is 0 Å². The molecule has 0 fully saturated rings. The van der Waals surface area contributed by atoms with Crippen molar-refractivity contribution in [2.24, 2.45) is 0 Å². The minimum atomic E-state index is -3.26. The van der Waals surface area contributed by atoms with E-state index in [1.165, 1.54) is 12.3 Å². The summed E-state index contributed by atoms with van der Waals surface area (Å²) in [5.74, 6) is 1.09. The van der Waals surface area contributed by atoms with Crippen molar-refractivity contribution in [1.29, 1.82) is 0 Å². The number of hydrogen-bond acceptors (Lipinski definition) is 7. The first-order valence-electron chi connectivity index (χ1n) is 9.83. The van der Waals surface area contributed by atoms with Gasteiger partial charge < -0.3 is 14.1 Å². The zero-order valence-electron chi connectivity index (χ0n) is 17.3. The molecule has 4 aromatic rings. The lowest BCUT2D eigenvalue weighted by Gasteiger charge is -2.16. The van der Waals surface area contributed by atoms with E-state index in [0.717, 1.165) is 11.8 Å². The molecule has 0 aliphatic carbocycles.